The van der Waals surface area contributed by atoms with Crippen LogP contribution in [0.15, 0.2) is 12.1 Å². The second kappa shape index (κ2) is 6.31. The zero-order valence-corrected chi connectivity index (χ0v) is 11.5. The zero-order valence-electron chi connectivity index (χ0n) is 11.5. The lowest BCUT2D eigenvalue weighted by Crippen LogP contribution is -2.19. The first-order valence-electron chi connectivity index (χ1n) is 6.01. The van der Waals surface area contributed by atoms with Crippen LogP contribution in [0.4, 0.5) is 4.39 Å². The molecule has 5 heteroatoms. The van der Waals surface area contributed by atoms with Crippen molar-refractivity contribution >= 4 is 11.8 Å². The van der Waals surface area contributed by atoms with Gasteiger partial charge in [-0.05, 0) is 30.5 Å². The van der Waals surface area contributed by atoms with Crippen LogP contribution in [0, 0.1) is 5.82 Å². The highest BCUT2D eigenvalue weighted by atomic mass is 19.1. The Hall–Kier alpha value is -1.91. The van der Waals surface area contributed by atoms with E-state index < -0.39 is 17.6 Å². The molecule has 0 aliphatic heterocycles. The van der Waals surface area contributed by atoms with E-state index in [1.807, 2.05) is 13.8 Å². The number of hydrogen-bond acceptors (Lipinski definition) is 4. The predicted octanol–water partition coefficient (Wildman–Crippen LogP) is 2.70. The molecule has 0 bridgehead atoms. The van der Waals surface area contributed by atoms with Gasteiger partial charge in [0, 0.05) is 0 Å². The Kier molecular flexibility index (Phi) is 5.03. The van der Waals surface area contributed by atoms with Crippen molar-refractivity contribution in [1.29, 1.82) is 0 Å². The third kappa shape index (κ3) is 3.30. The fraction of sp³-hybridized carbons (Fsp3) is 0.429. The number of benzene rings is 1. The molecule has 0 unspecified atom stereocenters. The van der Waals surface area contributed by atoms with Crippen molar-refractivity contribution < 1.29 is 23.5 Å². The summed E-state index contributed by atoms with van der Waals surface area (Å²) in [6, 6.07) is 2.76. The summed E-state index contributed by atoms with van der Waals surface area (Å²) in [6.45, 7) is 5.40. The smallest absolute Gasteiger partial charge is 0.379 e. The van der Waals surface area contributed by atoms with Crippen molar-refractivity contribution in [2.75, 3.05) is 13.7 Å². The maximum atomic E-state index is 13.9. The summed E-state index contributed by atoms with van der Waals surface area (Å²) < 4.78 is 23.3. The van der Waals surface area contributed by atoms with Crippen molar-refractivity contribution in [3.8, 4) is 5.75 Å². The lowest BCUT2D eigenvalue weighted by atomic mass is 9.98. The minimum Gasteiger partial charge on any atom is -0.493 e. The highest BCUT2D eigenvalue weighted by molar-refractivity contribution is 6.41. The van der Waals surface area contributed by atoms with Gasteiger partial charge >= 0.3 is 5.97 Å². The highest BCUT2D eigenvalue weighted by Crippen LogP contribution is 2.28. The third-order valence-corrected chi connectivity index (χ3v) is 2.64. The van der Waals surface area contributed by atoms with Gasteiger partial charge in [-0.3, -0.25) is 4.79 Å². The first-order valence-corrected chi connectivity index (χ1v) is 6.01. The van der Waals surface area contributed by atoms with Gasteiger partial charge in [-0.25, -0.2) is 9.18 Å². The largest absolute Gasteiger partial charge is 0.493 e. The van der Waals surface area contributed by atoms with Gasteiger partial charge < -0.3 is 9.47 Å². The maximum Gasteiger partial charge on any atom is 0.379 e. The number of rotatable bonds is 5. The molecule has 0 N–H and O–H groups in total. The van der Waals surface area contributed by atoms with Crippen molar-refractivity contribution in [3.05, 3.63) is 29.1 Å². The summed E-state index contributed by atoms with van der Waals surface area (Å²) in [4.78, 5) is 23.4. The van der Waals surface area contributed by atoms with Crippen molar-refractivity contribution in [1.82, 2.24) is 0 Å². The number of carbonyl (C=O) groups excluding carboxylic acids is 2. The van der Waals surface area contributed by atoms with E-state index in [9.17, 15) is 14.0 Å². The number of esters is 1. The molecule has 0 amide bonds. The lowest BCUT2D eigenvalue weighted by molar-refractivity contribution is -0.137. The van der Waals surface area contributed by atoms with E-state index >= 15 is 0 Å². The van der Waals surface area contributed by atoms with Gasteiger partial charge in [0.1, 0.15) is 0 Å². The average molecular weight is 268 g/mol. The summed E-state index contributed by atoms with van der Waals surface area (Å²) in [5, 5.41) is 0. The number of methoxy groups -OCH3 is 1. The molecule has 0 aliphatic carbocycles. The van der Waals surface area contributed by atoms with E-state index in [2.05, 4.69) is 4.74 Å². The number of carbonyl (C=O) groups is 2. The van der Waals surface area contributed by atoms with E-state index in [0.29, 0.717) is 5.56 Å². The van der Waals surface area contributed by atoms with Crippen LogP contribution in [0.5, 0.6) is 5.75 Å². The minimum absolute atomic E-state index is 0.0224. The SMILES string of the molecule is CCOC(=O)C(=O)c1cc(C(C)C)cc(F)c1OC. The summed E-state index contributed by atoms with van der Waals surface area (Å²) in [6.07, 6.45) is 0. The highest BCUT2D eigenvalue weighted by Gasteiger charge is 2.25. The molecule has 19 heavy (non-hydrogen) atoms. The molecule has 0 spiro atoms. The van der Waals surface area contributed by atoms with Gasteiger partial charge in [-0.15, -0.1) is 0 Å². The molecular formula is C14H17FO4. The molecule has 1 rings (SSSR count). The fourth-order valence-electron chi connectivity index (χ4n) is 1.63. The van der Waals surface area contributed by atoms with E-state index in [1.54, 1.807) is 6.92 Å². The van der Waals surface area contributed by atoms with Gasteiger partial charge in [0.05, 0.1) is 19.3 Å². The molecule has 0 saturated carbocycles. The molecule has 0 radical (unpaired) electrons. The number of Topliss-reactive ketones (excluding diaryl/α,β-unsaturated/α-hetero) is 1. The second-order valence-electron chi connectivity index (χ2n) is 4.29. The molecule has 0 saturated heterocycles. The molecule has 0 aromatic heterocycles. The molecule has 4 nitrogen and oxygen atoms in total. The Morgan fingerprint density at radius 1 is 1.32 bits per heavy atom. The molecule has 0 aliphatic rings. The molecular weight excluding hydrogens is 251 g/mol. The molecule has 104 valence electrons. The first kappa shape index (κ1) is 15.1. The van der Waals surface area contributed by atoms with Crippen molar-refractivity contribution in [2.24, 2.45) is 0 Å². The fourth-order valence-corrected chi connectivity index (χ4v) is 1.63. The number of ether oxygens (including phenoxy) is 2. The number of hydrogen-bond donors (Lipinski definition) is 0. The van der Waals surface area contributed by atoms with Crippen molar-refractivity contribution in [2.45, 2.75) is 26.7 Å². The number of ketones is 1. The quantitative estimate of drug-likeness (QED) is 0.468. The van der Waals surface area contributed by atoms with Crippen LogP contribution in [0.1, 0.15) is 42.6 Å². The Bertz CT molecular complexity index is 494. The third-order valence-electron chi connectivity index (χ3n) is 2.64. The van der Waals surface area contributed by atoms with Crippen LogP contribution in [0.3, 0.4) is 0 Å². The molecule has 0 fully saturated rings. The lowest BCUT2D eigenvalue weighted by Gasteiger charge is -2.12. The minimum atomic E-state index is -1.01. The average Bonchev–Trinajstić information content (AvgIpc) is 2.36. The van der Waals surface area contributed by atoms with Gasteiger partial charge in [0.2, 0.25) is 0 Å². The Labute approximate surface area is 111 Å². The van der Waals surface area contributed by atoms with E-state index in [0.717, 1.165) is 0 Å². The summed E-state index contributed by atoms with van der Waals surface area (Å²) >= 11 is 0. The van der Waals surface area contributed by atoms with E-state index in [1.165, 1.54) is 19.2 Å². The zero-order chi connectivity index (χ0) is 14.6. The number of halogens is 1. The Morgan fingerprint density at radius 2 is 1.95 bits per heavy atom. The van der Waals surface area contributed by atoms with Crippen LogP contribution >= 0.6 is 0 Å². The van der Waals surface area contributed by atoms with Crippen LogP contribution in [0.25, 0.3) is 0 Å². The van der Waals surface area contributed by atoms with E-state index in [-0.39, 0.29) is 23.8 Å². The topological polar surface area (TPSA) is 52.6 Å². The maximum absolute atomic E-state index is 13.9. The van der Waals surface area contributed by atoms with Gasteiger partial charge in [0.15, 0.2) is 11.6 Å². The monoisotopic (exact) mass is 268 g/mol. The summed E-state index contributed by atoms with van der Waals surface area (Å²) in [5.41, 5.74) is 0.510. The van der Waals surface area contributed by atoms with Gasteiger partial charge in [-0.1, -0.05) is 13.8 Å². The normalized spacial score (nSPS) is 10.4. The second-order valence-corrected chi connectivity index (χ2v) is 4.29. The Balaban J connectivity index is 3.31. The van der Waals surface area contributed by atoms with Gasteiger partial charge in [-0.2, -0.15) is 0 Å². The first-order chi connectivity index (χ1) is 8.92. The standard InChI is InChI=1S/C14H17FO4/c1-5-19-14(17)12(16)10-6-9(8(2)3)7-11(15)13(10)18-4/h6-8H,5H2,1-4H3. The molecule has 0 atom stereocenters. The van der Waals surface area contributed by atoms with Crippen LogP contribution in [0.2, 0.25) is 0 Å². The summed E-state index contributed by atoms with van der Waals surface area (Å²) in [5.74, 6) is -2.79. The molecule has 1 aromatic carbocycles. The Morgan fingerprint density at radius 3 is 2.42 bits per heavy atom. The summed E-state index contributed by atoms with van der Waals surface area (Å²) in [7, 11) is 1.25. The van der Waals surface area contributed by atoms with E-state index in [4.69, 9.17) is 4.74 Å². The van der Waals surface area contributed by atoms with Gasteiger partial charge in [0.25, 0.3) is 5.78 Å². The van der Waals surface area contributed by atoms with Crippen LogP contribution in [-0.2, 0) is 9.53 Å². The van der Waals surface area contributed by atoms with Crippen LogP contribution in [-0.4, -0.2) is 25.5 Å². The van der Waals surface area contributed by atoms with Crippen LogP contribution < -0.4 is 4.74 Å². The van der Waals surface area contributed by atoms with Crippen molar-refractivity contribution in [3.63, 3.8) is 0 Å². The molecule has 1 aromatic rings. The predicted molar refractivity (Wildman–Crippen MR) is 68.0 cm³/mol. The molecule has 0 heterocycles.